The lowest BCUT2D eigenvalue weighted by atomic mass is 10.3. The predicted molar refractivity (Wildman–Crippen MR) is 89.2 cm³/mol. The number of benzene rings is 1. The Labute approximate surface area is 134 Å². The lowest BCUT2D eigenvalue weighted by Crippen LogP contribution is -2.33. The van der Waals surface area contributed by atoms with E-state index in [9.17, 15) is 4.79 Å². The van der Waals surface area contributed by atoms with E-state index in [0.717, 1.165) is 24.3 Å². The largest absolute Gasteiger partial charge is 0.494 e. The van der Waals surface area contributed by atoms with Gasteiger partial charge in [0.25, 0.3) is 5.91 Å². The molecule has 22 heavy (non-hydrogen) atoms. The summed E-state index contributed by atoms with van der Waals surface area (Å²) >= 11 is 5.11. The van der Waals surface area contributed by atoms with Gasteiger partial charge < -0.3 is 14.5 Å². The van der Waals surface area contributed by atoms with Gasteiger partial charge in [-0.05, 0) is 42.9 Å². The van der Waals surface area contributed by atoms with Gasteiger partial charge in [-0.15, -0.1) is 0 Å². The topological polar surface area (TPSA) is 63.5 Å². The number of thiocarbonyl (C=S) groups is 1. The van der Waals surface area contributed by atoms with Crippen LogP contribution in [0.1, 0.15) is 30.3 Å². The van der Waals surface area contributed by atoms with E-state index in [1.54, 1.807) is 12.1 Å². The first-order valence-electron chi connectivity index (χ1n) is 7.07. The molecule has 2 N–H and O–H groups in total. The van der Waals surface area contributed by atoms with Crippen molar-refractivity contribution in [2.24, 2.45) is 0 Å². The summed E-state index contributed by atoms with van der Waals surface area (Å²) in [7, 11) is 0. The zero-order chi connectivity index (χ0) is 15.8. The van der Waals surface area contributed by atoms with E-state index in [4.69, 9.17) is 21.4 Å². The molecule has 0 aliphatic rings. The van der Waals surface area contributed by atoms with E-state index in [-0.39, 0.29) is 10.9 Å². The van der Waals surface area contributed by atoms with Gasteiger partial charge >= 0.3 is 0 Å². The van der Waals surface area contributed by atoms with Gasteiger partial charge in [0.2, 0.25) is 0 Å². The average Bonchev–Trinajstić information content (AvgIpc) is 3.02. The van der Waals surface area contributed by atoms with Gasteiger partial charge in [-0.3, -0.25) is 10.1 Å². The van der Waals surface area contributed by atoms with Crippen molar-refractivity contribution < 1.29 is 13.9 Å². The van der Waals surface area contributed by atoms with Gasteiger partial charge in [0.15, 0.2) is 10.9 Å². The highest BCUT2D eigenvalue weighted by Crippen LogP contribution is 2.17. The Morgan fingerprint density at radius 2 is 2.18 bits per heavy atom. The fourth-order valence-corrected chi connectivity index (χ4v) is 1.94. The minimum absolute atomic E-state index is 0.201. The summed E-state index contributed by atoms with van der Waals surface area (Å²) in [5.74, 6) is 0.581. The zero-order valence-electron chi connectivity index (χ0n) is 12.3. The number of furan rings is 1. The Kier molecular flexibility index (Phi) is 5.97. The monoisotopic (exact) mass is 318 g/mol. The fraction of sp³-hybridized carbons (Fsp3) is 0.250. The number of ether oxygens (including phenoxy) is 1. The number of carbonyl (C=O) groups excluding carboxylic acids is 1. The van der Waals surface area contributed by atoms with Crippen LogP contribution < -0.4 is 15.4 Å². The molecule has 0 bridgehead atoms. The van der Waals surface area contributed by atoms with Crippen LogP contribution in [0.25, 0.3) is 0 Å². The lowest BCUT2D eigenvalue weighted by Gasteiger charge is -2.10. The number of anilines is 1. The van der Waals surface area contributed by atoms with Gasteiger partial charge in [-0.1, -0.05) is 19.4 Å². The molecule has 2 rings (SSSR count). The van der Waals surface area contributed by atoms with E-state index in [0.29, 0.717) is 6.61 Å². The summed E-state index contributed by atoms with van der Waals surface area (Å²) < 4.78 is 10.6. The second-order valence-electron chi connectivity index (χ2n) is 4.62. The highest BCUT2D eigenvalue weighted by Gasteiger charge is 2.10. The van der Waals surface area contributed by atoms with Crippen LogP contribution in [0.3, 0.4) is 0 Å². The van der Waals surface area contributed by atoms with Crippen molar-refractivity contribution in [1.82, 2.24) is 5.32 Å². The second kappa shape index (κ2) is 8.19. The van der Waals surface area contributed by atoms with Crippen LogP contribution in [0.15, 0.2) is 47.1 Å². The van der Waals surface area contributed by atoms with Crippen LogP contribution in [-0.2, 0) is 0 Å². The Bertz CT molecular complexity index is 626. The maximum atomic E-state index is 11.8. The van der Waals surface area contributed by atoms with Gasteiger partial charge in [0, 0.05) is 11.8 Å². The highest BCUT2D eigenvalue weighted by atomic mass is 32.1. The molecule has 0 atom stereocenters. The summed E-state index contributed by atoms with van der Waals surface area (Å²) in [6, 6.07) is 10.6. The van der Waals surface area contributed by atoms with Crippen LogP contribution in [0.4, 0.5) is 5.69 Å². The van der Waals surface area contributed by atoms with E-state index in [1.807, 2.05) is 24.3 Å². The molecule has 0 aliphatic heterocycles. The molecule has 1 aromatic heterocycles. The molecule has 0 unspecified atom stereocenters. The molecule has 6 heteroatoms. The number of nitrogens with one attached hydrogen (secondary N) is 2. The summed E-state index contributed by atoms with van der Waals surface area (Å²) in [5, 5.41) is 5.69. The third kappa shape index (κ3) is 4.89. The second-order valence-corrected chi connectivity index (χ2v) is 5.02. The number of unbranched alkanes of at least 4 members (excludes halogenated alkanes) is 1. The Balaban J connectivity index is 1.88. The first-order valence-corrected chi connectivity index (χ1v) is 7.48. The molecule has 0 saturated carbocycles. The molecule has 2 aromatic rings. The minimum Gasteiger partial charge on any atom is -0.494 e. The first-order chi connectivity index (χ1) is 10.7. The normalized spacial score (nSPS) is 10.0. The number of rotatable bonds is 6. The zero-order valence-corrected chi connectivity index (χ0v) is 13.1. The van der Waals surface area contributed by atoms with E-state index < -0.39 is 5.91 Å². The van der Waals surface area contributed by atoms with Crippen LogP contribution in [0.5, 0.6) is 5.75 Å². The fourth-order valence-electron chi connectivity index (χ4n) is 1.73. The van der Waals surface area contributed by atoms with Crippen LogP contribution in [-0.4, -0.2) is 17.6 Å². The van der Waals surface area contributed by atoms with E-state index in [1.165, 1.54) is 6.26 Å². The molecule has 0 saturated heterocycles. The van der Waals surface area contributed by atoms with Crippen molar-refractivity contribution in [2.75, 3.05) is 11.9 Å². The minimum atomic E-state index is -0.391. The Morgan fingerprint density at radius 3 is 2.91 bits per heavy atom. The van der Waals surface area contributed by atoms with Gasteiger partial charge in [0.1, 0.15) is 5.75 Å². The smallest absolute Gasteiger partial charge is 0.293 e. The van der Waals surface area contributed by atoms with Crippen LogP contribution in [0.2, 0.25) is 0 Å². The standard InChI is InChI=1S/C16H18N2O3S/c1-2-3-9-20-13-7-4-6-12(11-13)17-16(22)18-15(19)14-8-5-10-21-14/h4-8,10-11H,2-3,9H2,1H3,(H2,17,18,19,22). The third-order valence-corrected chi connectivity index (χ3v) is 3.03. The SMILES string of the molecule is CCCCOc1cccc(NC(=S)NC(=O)c2ccco2)c1. The highest BCUT2D eigenvalue weighted by molar-refractivity contribution is 7.80. The molecule has 0 fully saturated rings. The molecule has 0 radical (unpaired) electrons. The number of hydrogen-bond donors (Lipinski definition) is 2. The maximum Gasteiger partial charge on any atom is 0.293 e. The molecular formula is C16H18N2O3S. The van der Waals surface area contributed by atoms with E-state index >= 15 is 0 Å². The summed E-state index contributed by atoms with van der Waals surface area (Å²) in [4.78, 5) is 11.8. The summed E-state index contributed by atoms with van der Waals surface area (Å²) in [6.45, 7) is 2.79. The number of carbonyl (C=O) groups is 1. The average molecular weight is 318 g/mol. The van der Waals surface area contributed by atoms with Gasteiger partial charge in [-0.25, -0.2) is 0 Å². The molecule has 1 heterocycles. The number of hydrogen-bond acceptors (Lipinski definition) is 4. The van der Waals surface area contributed by atoms with Gasteiger partial charge in [0.05, 0.1) is 12.9 Å². The van der Waals surface area contributed by atoms with Crippen LogP contribution >= 0.6 is 12.2 Å². The van der Waals surface area contributed by atoms with Crippen molar-refractivity contribution in [1.29, 1.82) is 0 Å². The molecule has 0 aliphatic carbocycles. The molecule has 1 aromatic carbocycles. The summed E-state index contributed by atoms with van der Waals surface area (Å²) in [5.41, 5.74) is 0.749. The first kappa shape index (κ1) is 16.0. The Morgan fingerprint density at radius 1 is 1.32 bits per heavy atom. The molecule has 1 amide bonds. The van der Waals surface area contributed by atoms with Crippen molar-refractivity contribution in [3.05, 3.63) is 48.4 Å². The third-order valence-electron chi connectivity index (χ3n) is 2.83. The lowest BCUT2D eigenvalue weighted by molar-refractivity contribution is 0.0950. The molecular weight excluding hydrogens is 300 g/mol. The number of amides is 1. The quantitative estimate of drug-likeness (QED) is 0.629. The summed E-state index contributed by atoms with van der Waals surface area (Å²) in [6.07, 6.45) is 3.53. The van der Waals surface area contributed by atoms with Crippen molar-refractivity contribution in [3.63, 3.8) is 0 Å². The van der Waals surface area contributed by atoms with E-state index in [2.05, 4.69) is 17.6 Å². The van der Waals surface area contributed by atoms with Crippen molar-refractivity contribution in [3.8, 4) is 5.75 Å². The van der Waals surface area contributed by atoms with Crippen molar-refractivity contribution >= 4 is 28.9 Å². The molecule has 0 spiro atoms. The van der Waals surface area contributed by atoms with Crippen molar-refractivity contribution in [2.45, 2.75) is 19.8 Å². The Hall–Kier alpha value is -2.34. The predicted octanol–water partition coefficient (Wildman–Crippen LogP) is 3.59. The van der Waals surface area contributed by atoms with Gasteiger partial charge in [-0.2, -0.15) is 0 Å². The molecule has 5 nitrogen and oxygen atoms in total. The van der Waals surface area contributed by atoms with Crippen LogP contribution in [0, 0.1) is 0 Å². The maximum absolute atomic E-state index is 11.8. The molecule has 116 valence electrons.